The Kier molecular flexibility index (Phi) is 5.61. The van der Waals surface area contributed by atoms with Crippen molar-refractivity contribution in [3.8, 4) is 0 Å². The van der Waals surface area contributed by atoms with Gasteiger partial charge in [-0.1, -0.05) is 42.0 Å². The Balaban J connectivity index is 1.40. The number of benzene rings is 2. The van der Waals surface area contributed by atoms with E-state index in [4.69, 9.17) is 0 Å². The van der Waals surface area contributed by atoms with Gasteiger partial charge in [0.1, 0.15) is 0 Å². The molecule has 0 bridgehead atoms. The predicted octanol–water partition coefficient (Wildman–Crippen LogP) is 4.18. The Morgan fingerprint density at radius 3 is 2.37 bits per heavy atom. The van der Waals surface area contributed by atoms with Crippen LogP contribution in [0.3, 0.4) is 0 Å². The third kappa shape index (κ3) is 4.60. The van der Waals surface area contributed by atoms with Gasteiger partial charge in [0, 0.05) is 44.4 Å². The maximum absolute atomic E-state index is 2.61. The highest BCUT2D eigenvalue weighted by Gasteiger charge is 2.13. The molecule has 1 saturated heterocycles. The van der Waals surface area contributed by atoms with Gasteiger partial charge in [-0.2, -0.15) is 0 Å². The second kappa shape index (κ2) is 8.28. The van der Waals surface area contributed by atoms with Crippen LogP contribution in [0.1, 0.15) is 23.1 Å². The molecule has 0 N–H and O–H groups in total. The van der Waals surface area contributed by atoms with Crippen LogP contribution in [0.5, 0.6) is 0 Å². The average Bonchev–Trinajstić information content (AvgIpc) is 3.07. The quantitative estimate of drug-likeness (QED) is 0.653. The second-order valence-electron chi connectivity index (χ2n) is 8.07. The third-order valence-electron chi connectivity index (χ3n) is 5.85. The van der Waals surface area contributed by atoms with Gasteiger partial charge in [0.2, 0.25) is 0 Å². The van der Waals surface area contributed by atoms with Crippen LogP contribution >= 0.6 is 0 Å². The molecule has 0 aliphatic carbocycles. The summed E-state index contributed by atoms with van der Waals surface area (Å²) in [6.45, 7) is 9.15. The van der Waals surface area contributed by atoms with Crippen molar-refractivity contribution in [1.29, 1.82) is 0 Å². The molecular formula is C24H31N3. The first-order valence-corrected chi connectivity index (χ1v) is 10.2. The molecule has 3 aromatic rings. The maximum Gasteiger partial charge on any atom is 0.0486 e. The largest absolute Gasteiger partial charge is 0.343 e. The first kappa shape index (κ1) is 18.3. The summed E-state index contributed by atoms with van der Waals surface area (Å²) < 4.78 is 2.38. The van der Waals surface area contributed by atoms with Gasteiger partial charge in [0.05, 0.1) is 0 Å². The van der Waals surface area contributed by atoms with Gasteiger partial charge < -0.3 is 14.4 Å². The fraction of sp³-hybridized carbons (Fsp3) is 0.417. The summed E-state index contributed by atoms with van der Waals surface area (Å²) in [4.78, 5) is 5.03. The van der Waals surface area contributed by atoms with Crippen molar-refractivity contribution in [2.75, 3.05) is 39.8 Å². The Labute approximate surface area is 163 Å². The molecular weight excluding hydrogens is 330 g/mol. The lowest BCUT2D eigenvalue weighted by Gasteiger charge is -2.32. The van der Waals surface area contributed by atoms with Crippen molar-refractivity contribution in [1.82, 2.24) is 14.4 Å². The van der Waals surface area contributed by atoms with Crippen molar-refractivity contribution in [3.05, 3.63) is 71.4 Å². The Morgan fingerprint density at radius 1 is 0.852 bits per heavy atom. The number of aromatic nitrogens is 1. The monoisotopic (exact) mass is 361 g/mol. The molecule has 0 saturated carbocycles. The first-order chi connectivity index (χ1) is 13.2. The minimum atomic E-state index is 0.939. The van der Waals surface area contributed by atoms with Gasteiger partial charge in [-0.3, -0.25) is 0 Å². The molecule has 0 unspecified atom stereocenters. The molecule has 142 valence electrons. The highest BCUT2D eigenvalue weighted by molar-refractivity contribution is 5.81. The zero-order valence-corrected chi connectivity index (χ0v) is 16.7. The van der Waals surface area contributed by atoms with E-state index < -0.39 is 0 Å². The van der Waals surface area contributed by atoms with Crippen molar-refractivity contribution < 1.29 is 0 Å². The van der Waals surface area contributed by atoms with Crippen LogP contribution in [0, 0.1) is 6.92 Å². The summed E-state index contributed by atoms with van der Waals surface area (Å²) in [6, 6.07) is 18.1. The lowest BCUT2D eigenvalue weighted by atomic mass is 10.1. The average molecular weight is 362 g/mol. The Bertz CT molecular complexity index is 870. The van der Waals surface area contributed by atoms with E-state index in [2.05, 4.69) is 83.1 Å². The van der Waals surface area contributed by atoms with Crippen molar-refractivity contribution in [2.45, 2.75) is 26.3 Å². The summed E-state index contributed by atoms with van der Waals surface area (Å²) in [7, 11) is 2.22. The standard InChI is InChI=1S/C24H31N3/c1-20-5-7-22(8-6-20)19-27-13-11-23-10-9-21(18-24(23)27)4-3-12-26-16-14-25(2)15-17-26/h5-11,13,18H,3-4,12,14-17,19H2,1-2H3. The van der Waals surface area contributed by atoms with Crippen LogP contribution in [0.2, 0.25) is 0 Å². The van der Waals surface area contributed by atoms with Crippen LogP contribution < -0.4 is 0 Å². The minimum Gasteiger partial charge on any atom is -0.343 e. The number of hydrogen-bond acceptors (Lipinski definition) is 2. The third-order valence-corrected chi connectivity index (χ3v) is 5.85. The van der Waals surface area contributed by atoms with E-state index in [1.807, 2.05) is 0 Å². The molecule has 3 heteroatoms. The van der Waals surface area contributed by atoms with Gasteiger partial charge in [-0.05, 0) is 62.0 Å². The van der Waals surface area contributed by atoms with E-state index in [-0.39, 0.29) is 0 Å². The van der Waals surface area contributed by atoms with Gasteiger partial charge in [0.25, 0.3) is 0 Å². The van der Waals surface area contributed by atoms with Gasteiger partial charge in [-0.25, -0.2) is 0 Å². The smallest absolute Gasteiger partial charge is 0.0486 e. The molecule has 1 fully saturated rings. The molecule has 0 spiro atoms. The Morgan fingerprint density at radius 2 is 1.59 bits per heavy atom. The number of likely N-dealkylation sites (N-methyl/N-ethyl adjacent to an activating group) is 1. The van der Waals surface area contributed by atoms with Crippen LogP contribution in [0.15, 0.2) is 54.7 Å². The highest BCUT2D eigenvalue weighted by atomic mass is 15.2. The summed E-state index contributed by atoms with van der Waals surface area (Å²) in [5.41, 5.74) is 5.49. The van der Waals surface area contributed by atoms with Crippen molar-refractivity contribution in [3.63, 3.8) is 0 Å². The SMILES string of the molecule is Cc1ccc(Cn2ccc3ccc(CCCN4CCN(C)CC4)cc32)cc1. The van der Waals surface area contributed by atoms with Gasteiger partial charge >= 0.3 is 0 Å². The molecule has 4 rings (SSSR count). The summed E-state index contributed by atoms with van der Waals surface area (Å²) in [5.74, 6) is 0. The van der Waals surface area contributed by atoms with Crippen LogP contribution in [0.4, 0.5) is 0 Å². The number of piperazine rings is 1. The molecule has 27 heavy (non-hydrogen) atoms. The second-order valence-corrected chi connectivity index (χ2v) is 8.07. The van der Waals surface area contributed by atoms with Crippen molar-refractivity contribution in [2.24, 2.45) is 0 Å². The maximum atomic E-state index is 2.61. The number of aryl methyl sites for hydroxylation is 2. The first-order valence-electron chi connectivity index (χ1n) is 10.2. The van der Waals surface area contributed by atoms with E-state index in [0.717, 1.165) is 13.0 Å². The van der Waals surface area contributed by atoms with E-state index in [1.165, 1.54) is 66.7 Å². The number of fused-ring (bicyclic) bond motifs is 1. The van der Waals surface area contributed by atoms with E-state index in [0.29, 0.717) is 0 Å². The predicted molar refractivity (Wildman–Crippen MR) is 114 cm³/mol. The molecule has 1 aromatic heterocycles. The van der Waals surface area contributed by atoms with E-state index in [9.17, 15) is 0 Å². The molecule has 1 aliphatic rings. The fourth-order valence-corrected chi connectivity index (χ4v) is 3.99. The number of hydrogen-bond donors (Lipinski definition) is 0. The minimum absolute atomic E-state index is 0.939. The molecule has 0 amide bonds. The number of nitrogens with zero attached hydrogens (tertiary/aromatic N) is 3. The topological polar surface area (TPSA) is 11.4 Å². The van der Waals surface area contributed by atoms with Gasteiger partial charge in [-0.15, -0.1) is 0 Å². The Hall–Kier alpha value is -2.10. The molecule has 2 heterocycles. The fourth-order valence-electron chi connectivity index (χ4n) is 3.99. The summed E-state index contributed by atoms with van der Waals surface area (Å²) in [6.07, 6.45) is 4.63. The van der Waals surface area contributed by atoms with E-state index in [1.54, 1.807) is 0 Å². The molecule has 2 aromatic carbocycles. The highest BCUT2D eigenvalue weighted by Crippen LogP contribution is 2.20. The lowest BCUT2D eigenvalue weighted by Crippen LogP contribution is -2.44. The number of rotatable bonds is 6. The lowest BCUT2D eigenvalue weighted by molar-refractivity contribution is 0.153. The van der Waals surface area contributed by atoms with E-state index >= 15 is 0 Å². The molecule has 0 atom stereocenters. The summed E-state index contributed by atoms with van der Waals surface area (Å²) in [5, 5.41) is 1.34. The van der Waals surface area contributed by atoms with Crippen LogP contribution in [-0.2, 0) is 13.0 Å². The zero-order valence-electron chi connectivity index (χ0n) is 16.7. The van der Waals surface area contributed by atoms with Crippen LogP contribution in [0.25, 0.3) is 10.9 Å². The van der Waals surface area contributed by atoms with Crippen molar-refractivity contribution >= 4 is 10.9 Å². The molecule has 1 aliphatic heterocycles. The van der Waals surface area contributed by atoms with Gasteiger partial charge in [0.15, 0.2) is 0 Å². The molecule has 0 radical (unpaired) electrons. The zero-order chi connectivity index (χ0) is 18.6. The molecule has 3 nitrogen and oxygen atoms in total. The van der Waals surface area contributed by atoms with Crippen LogP contribution in [-0.4, -0.2) is 54.1 Å². The summed E-state index contributed by atoms with van der Waals surface area (Å²) >= 11 is 0. The normalized spacial score (nSPS) is 16.2.